The summed E-state index contributed by atoms with van der Waals surface area (Å²) >= 11 is 0. The van der Waals surface area contributed by atoms with Gasteiger partial charge in [-0.1, -0.05) is 5.21 Å². The fourth-order valence-corrected chi connectivity index (χ4v) is 8.62. The number of hydrogen-bond acceptors (Lipinski definition) is 17. The Hall–Kier alpha value is -8.10. The highest BCUT2D eigenvalue weighted by Gasteiger charge is 2.37. The van der Waals surface area contributed by atoms with Gasteiger partial charge < -0.3 is 90.6 Å². The van der Waals surface area contributed by atoms with Crippen LogP contribution in [0.1, 0.15) is 106 Å². The molecule has 4 aromatic rings. The molecule has 0 aliphatic heterocycles. The Labute approximate surface area is 500 Å². The van der Waals surface area contributed by atoms with Crippen molar-refractivity contribution in [1.29, 1.82) is 0 Å². The van der Waals surface area contributed by atoms with E-state index in [2.05, 4.69) is 37.2 Å². The zero-order valence-electron chi connectivity index (χ0n) is 48.3. The third-order valence-corrected chi connectivity index (χ3v) is 13.7. The van der Waals surface area contributed by atoms with E-state index < -0.39 is 81.9 Å². The Bertz CT molecular complexity index is 2990. The molecular weight excluding hydrogens is 1090 g/mol. The van der Waals surface area contributed by atoms with Crippen molar-refractivity contribution in [3.8, 4) is 23.0 Å². The van der Waals surface area contributed by atoms with Crippen molar-refractivity contribution in [2.24, 2.45) is 34.4 Å². The number of primary amides is 1. The van der Waals surface area contributed by atoms with Crippen molar-refractivity contribution in [2.75, 3.05) is 75.9 Å². The minimum absolute atomic E-state index is 0.0266. The van der Waals surface area contributed by atoms with Crippen molar-refractivity contribution in [2.45, 2.75) is 98.8 Å². The number of carbonyl (C=O) groups is 8. The lowest BCUT2D eigenvalue weighted by Gasteiger charge is -2.44. The second-order valence-corrected chi connectivity index (χ2v) is 20.0. The Morgan fingerprint density at radius 3 is 0.988 bits per heavy atom. The smallest absolute Gasteiger partial charge is 0.255 e. The summed E-state index contributed by atoms with van der Waals surface area (Å²) in [6.07, 6.45) is 2.90. The normalized spacial score (nSPS) is 12.7. The van der Waals surface area contributed by atoms with E-state index in [1.807, 2.05) is 0 Å². The lowest BCUT2D eigenvalue weighted by molar-refractivity contribution is -0.118. The number of methoxy groups -OCH3 is 4. The van der Waals surface area contributed by atoms with Gasteiger partial charge >= 0.3 is 0 Å². The van der Waals surface area contributed by atoms with E-state index in [0.29, 0.717) is 58.2 Å². The molecule has 0 fully saturated rings. The minimum Gasteiger partial charge on any atom is -0.496 e. The largest absolute Gasteiger partial charge is 0.496 e. The van der Waals surface area contributed by atoms with Gasteiger partial charge in [-0.15, -0.1) is 5.21 Å². The van der Waals surface area contributed by atoms with Crippen LogP contribution in [0.4, 0.5) is 22.7 Å². The van der Waals surface area contributed by atoms with Crippen LogP contribution in [-0.2, 0) is 19.2 Å². The number of amides is 8. The van der Waals surface area contributed by atoms with Crippen LogP contribution in [0, 0.1) is 0 Å². The van der Waals surface area contributed by atoms with Crippen LogP contribution >= 0.6 is 0 Å². The number of unbranched alkanes of at least 4 members (excludes halogenated alkanes) is 3. The molecule has 19 N–H and O–H groups in total. The first-order valence-electron chi connectivity index (χ1n) is 27.3. The molecule has 8 radical (unpaired) electrons. The average molecular weight is 1170 g/mol. The first-order chi connectivity index (χ1) is 40.4. The molecule has 0 bridgehead atoms. The van der Waals surface area contributed by atoms with Gasteiger partial charge in [0.05, 0.1) is 88.1 Å². The monoisotopic (exact) mass is 1170 g/mol. The summed E-state index contributed by atoms with van der Waals surface area (Å²) in [5.74, 6) is -5.26. The summed E-state index contributed by atoms with van der Waals surface area (Å²) in [7, 11) is 29.4. The van der Waals surface area contributed by atoms with E-state index in [1.165, 1.54) is 101 Å². The van der Waals surface area contributed by atoms with Gasteiger partial charge in [0.25, 0.3) is 23.6 Å². The van der Waals surface area contributed by atoms with E-state index in [4.69, 9.17) is 84.7 Å². The summed E-state index contributed by atoms with van der Waals surface area (Å²) in [5.41, 5.74) is 35.0. The summed E-state index contributed by atoms with van der Waals surface area (Å²) < 4.78 is 21.7. The molecule has 0 saturated heterocycles. The molecule has 0 aromatic heterocycles. The van der Waals surface area contributed by atoms with Crippen LogP contribution in [-0.4, -0.2) is 157 Å². The van der Waals surface area contributed by atoms with Gasteiger partial charge in [-0.05, 0) is 163 Å². The molecule has 0 saturated carbocycles. The van der Waals surface area contributed by atoms with Crippen molar-refractivity contribution >= 4 is 101 Å². The molecule has 8 amide bonds. The zero-order valence-corrected chi connectivity index (χ0v) is 48.3. The number of rotatable bonds is 35. The maximum absolute atomic E-state index is 14.3. The van der Waals surface area contributed by atoms with E-state index in [0.717, 1.165) is 0 Å². The van der Waals surface area contributed by atoms with Crippen molar-refractivity contribution in [3.05, 3.63) is 95.1 Å². The minimum atomic E-state index is -1.84. The third-order valence-electron chi connectivity index (χ3n) is 13.7. The first-order valence-corrected chi connectivity index (χ1v) is 27.3. The Balaban J connectivity index is 1.55. The predicted molar refractivity (Wildman–Crippen MR) is 328 cm³/mol. The Morgan fingerprint density at radius 2 is 0.718 bits per heavy atom. The van der Waals surface area contributed by atoms with Crippen LogP contribution in [0.15, 0.2) is 72.8 Å². The number of hydrogen-bond donors (Lipinski definition) is 13. The Morgan fingerprint density at radius 1 is 0.435 bits per heavy atom. The molecule has 4 atom stereocenters. The van der Waals surface area contributed by atoms with Gasteiger partial charge in [0.1, 0.15) is 41.1 Å². The van der Waals surface area contributed by atoms with Gasteiger partial charge in [-0.2, -0.15) is 0 Å². The highest BCUT2D eigenvalue weighted by molar-refractivity contribution is 6.54. The quantitative estimate of drug-likeness (QED) is 0.0225. The van der Waals surface area contributed by atoms with Crippen LogP contribution in [0.2, 0.25) is 10.4 Å². The van der Waals surface area contributed by atoms with E-state index in [-0.39, 0.29) is 100 Å². The van der Waals surface area contributed by atoms with Gasteiger partial charge in [-0.25, -0.2) is 0 Å². The maximum Gasteiger partial charge on any atom is 0.255 e. The molecule has 0 aliphatic carbocycles. The average Bonchev–Trinajstić information content (AvgIpc) is 3.25. The molecule has 0 unspecified atom stereocenters. The van der Waals surface area contributed by atoms with Gasteiger partial charge in [0.2, 0.25) is 23.6 Å². The fraction of sp³-hybridized carbons (Fsp3) is 0.429. The number of benzene rings is 4. The standard InChI is InChI=1S/C56H75B4N13O12/c1-82-43-18-14-31(25-35(43)47(66)74)68-52(79)40(11-5-8-22-61)71-49(76)37-27-33(16-20-45(37)84-3)70-54(81)42(13-7-10-24-63)73-50(77)38-28-34(17-21-46(38)85-4)69-53(80)41(12-6-9-23-62)72-48(75)36-26-32(15-19-44(36)83-2)67-51(78)39(65)29-55(57,58)56(59,60)30-64/h14-21,25-28,39-42H,5-13,22-24,29-30,61-65H2,1-4H3,(H2,66,74)(H,67,78)(H,68,79)(H,69,80)(H,70,81)(H,71,76)(H,72,75)(H,73,77)/t39-,40-,41-,42-/m0/s1. The summed E-state index contributed by atoms with van der Waals surface area (Å²) in [4.78, 5) is 110. The highest BCUT2D eigenvalue weighted by Crippen LogP contribution is 2.44. The molecule has 448 valence electrons. The summed E-state index contributed by atoms with van der Waals surface area (Å²) in [6, 6.07) is 12.3. The molecule has 0 aliphatic rings. The number of nitrogens with one attached hydrogen (secondary N) is 7. The third kappa shape index (κ3) is 20.0. The maximum atomic E-state index is 14.3. The van der Waals surface area contributed by atoms with Gasteiger partial charge in [0.15, 0.2) is 0 Å². The van der Waals surface area contributed by atoms with E-state index in [9.17, 15) is 38.4 Å². The fourth-order valence-electron chi connectivity index (χ4n) is 8.62. The summed E-state index contributed by atoms with van der Waals surface area (Å²) in [6.45, 7) is 0.626. The zero-order chi connectivity index (χ0) is 63.0. The molecule has 4 aromatic carbocycles. The van der Waals surface area contributed by atoms with Crippen molar-refractivity contribution in [1.82, 2.24) is 16.0 Å². The molecule has 4 rings (SSSR count). The number of anilines is 4. The molecular formula is C56H75B4N13O12. The molecule has 85 heavy (non-hydrogen) atoms. The summed E-state index contributed by atoms with van der Waals surface area (Å²) in [5, 5.41) is 15.5. The lowest BCUT2D eigenvalue weighted by atomic mass is 9.28. The SMILES string of the molecule is [B]C([B])(CN)C([B])([B])C[C@H](N)C(=O)Nc1ccc(OC)c(C(=O)N[C@@H](CCCCN)C(=O)Nc2ccc(OC)c(C(=O)N[C@@H](CCCCN)C(=O)Nc3ccc(OC)c(C(=O)N[C@@H](CCCCN)C(=O)Nc4ccc(OC)c(C(N)=O)c4)c3)c2)c1. The van der Waals surface area contributed by atoms with E-state index >= 15 is 0 Å². The number of nitrogens with two attached hydrogens (primary N) is 6. The van der Waals surface area contributed by atoms with Crippen molar-refractivity contribution in [3.63, 3.8) is 0 Å². The topological polar surface area (TPSA) is 414 Å². The second-order valence-electron chi connectivity index (χ2n) is 20.0. The molecule has 0 heterocycles. The van der Waals surface area contributed by atoms with E-state index in [1.54, 1.807) is 0 Å². The lowest BCUT2D eigenvalue weighted by Crippen LogP contribution is -2.45. The van der Waals surface area contributed by atoms with Crippen LogP contribution in [0.3, 0.4) is 0 Å². The molecule has 29 heteroatoms. The van der Waals surface area contributed by atoms with Crippen molar-refractivity contribution < 1.29 is 57.3 Å². The predicted octanol–water partition coefficient (Wildman–Crippen LogP) is 0.939. The molecule has 0 spiro atoms. The van der Waals surface area contributed by atoms with Crippen LogP contribution in [0.25, 0.3) is 0 Å². The first kappa shape index (κ1) is 69.4. The molecule has 25 nitrogen and oxygen atoms in total. The number of ether oxygens (including phenoxy) is 4. The Kier molecular flexibility index (Phi) is 27.3. The van der Waals surface area contributed by atoms with Crippen LogP contribution < -0.4 is 90.6 Å². The van der Waals surface area contributed by atoms with Crippen LogP contribution in [0.5, 0.6) is 23.0 Å². The van der Waals surface area contributed by atoms with Gasteiger partial charge in [-0.3, -0.25) is 38.4 Å². The highest BCUT2D eigenvalue weighted by atomic mass is 16.5. The second kappa shape index (κ2) is 33.4. The van der Waals surface area contributed by atoms with Gasteiger partial charge in [0, 0.05) is 22.7 Å². The number of carbonyl (C=O) groups excluding carboxylic acids is 8.